The van der Waals surface area contributed by atoms with Crippen LogP contribution in [0.5, 0.6) is 0 Å². The highest BCUT2D eigenvalue weighted by atomic mass is 16.2. The summed E-state index contributed by atoms with van der Waals surface area (Å²) in [5.74, 6) is -6.17. The molecule has 4 aromatic carbocycles. The molecule has 0 bridgehead atoms. The average molecular weight is 530 g/mol. The van der Waals surface area contributed by atoms with Crippen molar-refractivity contribution in [3.05, 3.63) is 80.9 Å². The number of nitrogens with one attached hydrogen (secondary N) is 4. The first-order valence-corrected chi connectivity index (χ1v) is 11.9. The minimum absolute atomic E-state index is 0.00843. The van der Waals surface area contributed by atoms with Crippen molar-refractivity contribution >= 4 is 68.8 Å². The van der Waals surface area contributed by atoms with Gasteiger partial charge in [0.15, 0.2) is 0 Å². The molecule has 0 spiro atoms. The van der Waals surface area contributed by atoms with E-state index in [0.717, 1.165) is 0 Å². The summed E-state index contributed by atoms with van der Waals surface area (Å²) in [4.78, 5) is 104. The molecule has 0 unspecified atom stereocenters. The first kappa shape index (κ1) is 22.0. The number of carbonyl (C=O) groups is 8. The van der Waals surface area contributed by atoms with E-state index in [1.54, 1.807) is 0 Å². The zero-order valence-corrected chi connectivity index (χ0v) is 19.7. The van der Waals surface area contributed by atoms with Crippen LogP contribution < -0.4 is 21.3 Å². The van der Waals surface area contributed by atoms with E-state index in [1.165, 1.54) is 36.4 Å². The van der Waals surface area contributed by atoms with Gasteiger partial charge in [0, 0.05) is 54.9 Å². The maximum absolute atomic E-state index is 13.4. The summed E-state index contributed by atoms with van der Waals surface area (Å²) in [7, 11) is 0. The third-order valence-electron chi connectivity index (χ3n) is 7.69. The van der Waals surface area contributed by atoms with E-state index in [1.807, 2.05) is 0 Å². The quantitative estimate of drug-likeness (QED) is 0.264. The smallest absolute Gasteiger partial charge is 0.259 e. The standard InChI is InChI=1S/C28H10N4O8/c33-21-7-1-3-9-17-15(7)13(25(37)29-21)5-11(19(17)27(39)31-23(9)35)12-6-14-16-8(22(34)30-26(14)38)2-4-10-18(16)20(12)28(40)32-24(10)36/h1-6H,(H,29,33,37)(H,30,34,38)(H,31,35,39)(H,32,36,40). The highest BCUT2D eigenvalue weighted by molar-refractivity contribution is 6.38. The lowest BCUT2D eigenvalue weighted by molar-refractivity contribution is 0.0822. The van der Waals surface area contributed by atoms with E-state index in [-0.39, 0.29) is 77.2 Å². The number of hydrogen-bond acceptors (Lipinski definition) is 8. The molecule has 0 saturated heterocycles. The molecular formula is C28H10N4O8. The molecule has 0 saturated carbocycles. The van der Waals surface area contributed by atoms with Crippen LogP contribution in [0.2, 0.25) is 0 Å². The van der Waals surface area contributed by atoms with E-state index in [2.05, 4.69) is 21.3 Å². The van der Waals surface area contributed by atoms with Gasteiger partial charge in [-0.2, -0.15) is 0 Å². The Bertz CT molecular complexity index is 2010. The van der Waals surface area contributed by atoms with Crippen LogP contribution in [0.4, 0.5) is 0 Å². The fourth-order valence-electron chi connectivity index (χ4n) is 6.08. The molecule has 190 valence electrons. The lowest BCUT2D eigenvalue weighted by Crippen LogP contribution is -2.40. The summed E-state index contributed by atoms with van der Waals surface area (Å²) >= 11 is 0. The number of imide groups is 4. The minimum Gasteiger partial charge on any atom is -0.288 e. The molecule has 12 heteroatoms. The average Bonchev–Trinajstić information content (AvgIpc) is 2.91. The first-order valence-electron chi connectivity index (χ1n) is 11.9. The van der Waals surface area contributed by atoms with Crippen LogP contribution in [-0.2, 0) is 0 Å². The van der Waals surface area contributed by atoms with E-state index in [4.69, 9.17) is 0 Å². The molecule has 0 aromatic heterocycles. The molecule has 4 heterocycles. The van der Waals surface area contributed by atoms with Crippen molar-refractivity contribution < 1.29 is 38.4 Å². The Morgan fingerprint density at radius 2 is 0.575 bits per heavy atom. The SMILES string of the molecule is O=C1NC(=O)c2cc(-c3cc4c5c(ccc6c5c3C(=O)NC6=O)C(=O)NC4=O)c3c4c(ccc1c24)C(=O)NC3=O. The summed E-state index contributed by atoms with van der Waals surface area (Å²) < 4.78 is 0. The Morgan fingerprint density at radius 1 is 0.300 bits per heavy atom. The molecule has 0 atom stereocenters. The van der Waals surface area contributed by atoms with E-state index < -0.39 is 47.3 Å². The molecule has 8 rings (SSSR count). The molecule has 4 aliphatic heterocycles. The Balaban J connectivity index is 1.62. The van der Waals surface area contributed by atoms with Gasteiger partial charge in [-0.25, -0.2) is 0 Å². The molecule has 0 radical (unpaired) electrons. The fourth-order valence-corrected chi connectivity index (χ4v) is 6.08. The van der Waals surface area contributed by atoms with E-state index in [0.29, 0.717) is 0 Å². The molecule has 8 amide bonds. The first-order chi connectivity index (χ1) is 19.2. The molecule has 40 heavy (non-hydrogen) atoms. The van der Waals surface area contributed by atoms with Crippen LogP contribution in [-0.4, -0.2) is 47.3 Å². The normalized spacial score (nSPS) is 16.7. The number of carbonyl (C=O) groups excluding carboxylic acids is 8. The van der Waals surface area contributed by atoms with Crippen LogP contribution in [0.25, 0.3) is 32.7 Å². The van der Waals surface area contributed by atoms with Gasteiger partial charge in [0.05, 0.1) is 11.1 Å². The van der Waals surface area contributed by atoms with Crippen LogP contribution in [0, 0.1) is 0 Å². The second-order valence-electron chi connectivity index (χ2n) is 9.65. The fraction of sp³-hybridized carbons (Fsp3) is 0. The Hall–Kier alpha value is -6.04. The predicted octanol–water partition coefficient (Wildman–Crippen LogP) is 1.19. The second-order valence-corrected chi connectivity index (χ2v) is 9.65. The zero-order chi connectivity index (χ0) is 27.8. The largest absolute Gasteiger partial charge is 0.288 e. The summed E-state index contributed by atoms with van der Waals surface area (Å²) in [5, 5.41) is 9.24. The van der Waals surface area contributed by atoms with Crippen molar-refractivity contribution in [2.45, 2.75) is 0 Å². The number of amides is 8. The molecule has 4 N–H and O–H groups in total. The Morgan fingerprint density at radius 3 is 0.925 bits per heavy atom. The van der Waals surface area contributed by atoms with Crippen LogP contribution in [0.3, 0.4) is 0 Å². The summed E-state index contributed by atoms with van der Waals surface area (Å²) in [6.07, 6.45) is 0. The van der Waals surface area contributed by atoms with Crippen LogP contribution in [0.15, 0.2) is 36.4 Å². The maximum Gasteiger partial charge on any atom is 0.259 e. The van der Waals surface area contributed by atoms with Crippen molar-refractivity contribution in [3.8, 4) is 11.1 Å². The van der Waals surface area contributed by atoms with Gasteiger partial charge in [-0.3, -0.25) is 59.6 Å². The lowest BCUT2D eigenvalue weighted by Gasteiger charge is -2.28. The van der Waals surface area contributed by atoms with Gasteiger partial charge in [0.1, 0.15) is 0 Å². The van der Waals surface area contributed by atoms with E-state index >= 15 is 0 Å². The maximum atomic E-state index is 13.4. The predicted molar refractivity (Wildman–Crippen MR) is 134 cm³/mol. The Labute approximate surface area is 220 Å². The summed E-state index contributed by atoms with van der Waals surface area (Å²) in [6.45, 7) is 0. The lowest BCUT2D eigenvalue weighted by atomic mass is 9.78. The summed E-state index contributed by atoms with van der Waals surface area (Å²) in [5.41, 5.74) is -0.0440. The second kappa shape index (κ2) is 6.88. The number of rotatable bonds is 1. The minimum atomic E-state index is -0.850. The van der Waals surface area contributed by atoms with Gasteiger partial charge in [0.2, 0.25) is 0 Å². The van der Waals surface area contributed by atoms with Gasteiger partial charge in [-0.1, -0.05) is 0 Å². The van der Waals surface area contributed by atoms with Gasteiger partial charge in [-0.05, 0) is 47.5 Å². The van der Waals surface area contributed by atoms with Gasteiger partial charge in [-0.15, -0.1) is 0 Å². The third kappa shape index (κ3) is 2.44. The topological polar surface area (TPSA) is 185 Å². The highest BCUT2D eigenvalue weighted by Gasteiger charge is 2.39. The van der Waals surface area contributed by atoms with Crippen molar-refractivity contribution in [1.29, 1.82) is 0 Å². The van der Waals surface area contributed by atoms with Gasteiger partial charge < -0.3 is 0 Å². The number of benzene rings is 4. The van der Waals surface area contributed by atoms with Gasteiger partial charge >= 0.3 is 0 Å². The van der Waals surface area contributed by atoms with Gasteiger partial charge in [0.25, 0.3) is 47.3 Å². The zero-order valence-electron chi connectivity index (χ0n) is 19.7. The molecular weight excluding hydrogens is 520 g/mol. The molecule has 12 nitrogen and oxygen atoms in total. The molecule has 0 fully saturated rings. The highest BCUT2D eigenvalue weighted by Crippen LogP contribution is 2.44. The van der Waals surface area contributed by atoms with Crippen LogP contribution >= 0.6 is 0 Å². The van der Waals surface area contributed by atoms with Crippen LogP contribution in [0.1, 0.15) is 82.9 Å². The van der Waals surface area contributed by atoms with Crippen molar-refractivity contribution in [2.75, 3.05) is 0 Å². The third-order valence-corrected chi connectivity index (χ3v) is 7.69. The monoisotopic (exact) mass is 530 g/mol. The van der Waals surface area contributed by atoms with E-state index in [9.17, 15) is 38.4 Å². The van der Waals surface area contributed by atoms with Crippen molar-refractivity contribution in [1.82, 2.24) is 21.3 Å². The molecule has 4 aromatic rings. The molecule has 0 aliphatic carbocycles. The summed E-state index contributed by atoms with van der Waals surface area (Å²) in [6, 6.07) is 8.08. The van der Waals surface area contributed by atoms with Crippen molar-refractivity contribution in [3.63, 3.8) is 0 Å². The Kier molecular flexibility index (Phi) is 3.78. The van der Waals surface area contributed by atoms with Crippen molar-refractivity contribution in [2.24, 2.45) is 0 Å². The number of hydrogen-bond donors (Lipinski definition) is 4. The molecule has 4 aliphatic rings.